The average molecular weight is 738 g/mol. The highest BCUT2D eigenvalue weighted by Crippen LogP contribution is 2.55. The Balaban J connectivity index is 1.17. The first-order valence-electron chi connectivity index (χ1n) is 20.2. The zero-order chi connectivity index (χ0) is 38.3. The van der Waals surface area contributed by atoms with Gasteiger partial charge in [-0.1, -0.05) is 159 Å². The molecule has 0 bridgehead atoms. The van der Waals surface area contributed by atoms with Crippen molar-refractivity contribution in [3.63, 3.8) is 0 Å². The Morgan fingerprint density at radius 1 is 0.397 bits per heavy atom. The normalized spacial score (nSPS) is 13.5. The Morgan fingerprint density at radius 2 is 1.02 bits per heavy atom. The Kier molecular flexibility index (Phi) is 6.23. The van der Waals surface area contributed by atoms with E-state index in [9.17, 15) is 0 Å². The molecule has 0 saturated heterocycles. The first-order valence-corrected chi connectivity index (χ1v) is 20.2. The van der Waals surface area contributed by atoms with Gasteiger partial charge in [-0.2, -0.15) is 0 Å². The van der Waals surface area contributed by atoms with Gasteiger partial charge >= 0.3 is 0 Å². The highest BCUT2D eigenvalue weighted by Gasteiger charge is 2.37. The summed E-state index contributed by atoms with van der Waals surface area (Å²) in [4.78, 5) is 10.9. The summed E-state index contributed by atoms with van der Waals surface area (Å²) < 4.78 is 2.31. The van der Waals surface area contributed by atoms with Crippen LogP contribution in [0.3, 0.4) is 0 Å². The lowest BCUT2D eigenvalue weighted by Crippen LogP contribution is -2.14. The van der Waals surface area contributed by atoms with Crippen LogP contribution in [0.15, 0.2) is 176 Å². The van der Waals surface area contributed by atoms with Crippen LogP contribution in [0.5, 0.6) is 0 Å². The zero-order valence-electron chi connectivity index (χ0n) is 32.1. The van der Waals surface area contributed by atoms with Gasteiger partial charge in [0.15, 0.2) is 0 Å². The van der Waals surface area contributed by atoms with Gasteiger partial charge in [-0.05, 0) is 107 Å². The fraction of sp³-hybridized carbons (Fsp3) is 0.0545. The number of aromatic nitrogens is 3. The number of nitrogens with zero attached hydrogens (tertiary/aromatic N) is 3. The molecule has 0 saturated carbocycles. The summed E-state index contributed by atoms with van der Waals surface area (Å²) in [5.41, 5.74) is 12.8. The van der Waals surface area contributed by atoms with Crippen LogP contribution < -0.4 is 0 Å². The van der Waals surface area contributed by atoms with Crippen molar-refractivity contribution >= 4 is 75.8 Å². The van der Waals surface area contributed by atoms with Gasteiger partial charge in [0.2, 0.25) is 5.95 Å². The van der Waals surface area contributed by atoms with Crippen LogP contribution in [0, 0.1) is 0 Å². The molecule has 0 spiro atoms. The van der Waals surface area contributed by atoms with Crippen molar-refractivity contribution in [2.75, 3.05) is 0 Å². The van der Waals surface area contributed by atoms with E-state index in [-0.39, 0.29) is 5.41 Å². The number of benzene rings is 10. The average Bonchev–Trinajstić information content (AvgIpc) is 3.73. The summed E-state index contributed by atoms with van der Waals surface area (Å²) >= 11 is 0. The fourth-order valence-corrected chi connectivity index (χ4v) is 10.5. The van der Waals surface area contributed by atoms with Gasteiger partial charge in [0.1, 0.15) is 0 Å². The molecular weight excluding hydrogens is 703 g/mol. The monoisotopic (exact) mass is 737 g/mol. The molecule has 0 aliphatic heterocycles. The predicted molar refractivity (Wildman–Crippen MR) is 244 cm³/mol. The third-order valence-electron chi connectivity index (χ3n) is 13.1. The molecule has 0 atom stereocenters. The molecule has 2 aromatic heterocycles. The van der Waals surface area contributed by atoms with Gasteiger partial charge in [-0.3, -0.25) is 4.57 Å². The number of para-hydroxylation sites is 2. The quantitative estimate of drug-likeness (QED) is 0.134. The van der Waals surface area contributed by atoms with E-state index in [1.54, 1.807) is 0 Å². The van der Waals surface area contributed by atoms with E-state index in [1.807, 2.05) is 0 Å². The number of hydrogen-bond donors (Lipinski definition) is 0. The maximum absolute atomic E-state index is 5.53. The summed E-state index contributed by atoms with van der Waals surface area (Å²) in [6, 6.07) is 64.3. The number of hydrogen-bond acceptors (Lipinski definition) is 2. The molecule has 58 heavy (non-hydrogen) atoms. The molecule has 3 nitrogen and oxygen atoms in total. The minimum atomic E-state index is -0.130. The van der Waals surface area contributed by atoms with E-state index < -0.39 is 0 Å². The van der Waals surface area contributed by atoms with Crippen molar-refractivity contribution in [3.05, 3.63) is 187 Å². The van der Waals surface area contributed by atoms with Crippen LogP contribution in [0.1, 0.15) is 25.0 Å². The van der Waals surface area contributed by atoms with Crippen molar-refractivity contribution < 1.29 is 0 Å². The molecule has 1 aliphatic rings. The van der Waals surface area contributed by atoms with Crippen molar-refractivity contribution in [2.45, 2.75) is 19.3 Å². The molecule has 0 radical (unpaired) electrons. The fourth-order valence-electron chi connectivity index (χ4n) is 10.5. The lowest BCUT2D eigenvalue weighted by atomic mass is 9.80. The van der Waals surface area contributed by atoms with Crippen molar-refractivity contribution in [1.29, 1.82) is 0 Å². The molecule has 270 valence electrons. The summed E-state index contributed by atoms with van der Waals surface area (Å²) in [5.74, 6) is 0.666. The van der Waals surface area contributed by atoms with Crippen LogP contribution in [0.4, 0.5) is 0 Å². The van der Waals surface area contributed by atoms with Crippen LogP contribution in [-0.4, -0.2) is 14.5 Å². The number of fused-ring (bicyclic) bond motifs is 11. The standard InChI is InChI=1S/C55H35N3/c1-55(2)44-26-9-6-19-37(44)51-40-24-13-22-35-36-23-14-25-41-50(36)43(42(49(35)40)30-45(51)55)31-48-52(41)39-21-8-11-28-47(39)58(48)54-56-46-27-10-7-20-38(46)53(57-54)34-18-12-17-33(29-34)32-15-4-3-5-16-32/h3-31H,1-2H3. The lowest BCUT2D eigenvalue weighted by Gasteiger charge is -2.23. The molecule has 3 heteroatoms. The minimum absolute atomic E-state index is 0.130. The maximum Gasteiger partial charge on any atom is 0.235 e. The first kappa shape index (κ1) is 31.8. The Labute approximate surface area is 334 Å². The largest absolute Gasteiger partial charge is 0.278 e. The van der Waals surface area contributed by atoms with Crippen molar-refractivity contribution in [1.82, 2.24) is 14.5 Å². The van der Waals surface area contributed by atoms with Crippen molar-refractivity contribution in [2.24, 2.45) is 0 Å². The van der Waals surface area contributed by atoms with E-state index in [4.69, 9.17) is 9.97 Å². The highest BCUT2D eigenvalue weighted by molar-refractivity contribution is 6.39. The Bertz CT molecular complexity index is 3700. The third-order valence-corrected chi connectivity index (χ3v) is 13.1. The predicted octanol–water partition coefficient (Wildman–Crippen LogP) is 14.4. The molecule has 0 unspecified atom stereocenters. The third kappa shape index (κ3) is 4.12. The van der Waals surface area contributed by atoms with Gasteiger partial charge in [-0.15, -0.1) is 0 Å². The van der Waals surface area contributed by atoms with E-state index in [1.165, 1.54) is 81.7 Å². The van der Waals surface area contributed by atoms with E-state index in [0.29, 0.717) is 5.95 Å². The number of rotatable bonds is 3. The zero-order valence-corrected chi connectivity index (χ0v) is 32.1. The summed E-state index contributed by atoms with van der Waals surface area (Å²) in [7, 11) is 0. The summed E-state index contributed by atoms with van der Waals surface area (Å²) in [5, 5.41) is 13.8. The van der Waals surface area contributed by atoms with Crippen LogP contribution in [0.25, 0.3) is 115 Å². The van der Waals surface area contributed by atoms with Gasteiger partial charge in [-0.25, -0.2) is 9.97 Å². The second kappa shape index (κ2) is 11.4. The highest BCUT2D eigenvalue weighted by atomic mass is 15.2. The van der Waals surface area contributed by atoms with Gasteiger partial charge in [0.05, 0.1) is 22.2 Å². The molecule has 13 rings (SSSR count). The Hall–Kier alpha value is -7.36. The topological polar surface area (TPSA) is 30.7 Å². The lowest BCUT2D eigenvalue weighted by molar-refractivity contribution is 0.661. The van der Waals surface area contributed by atoms with E-state index in [0.717, 1.165) is 38.8 Å². The molecule has 1 aliphatic carbocycles. The second-order valence-electron chi connectivity index (χ2n) is 16.5. The minimum Gasteiger partial charge on any atom is -0.278 e. The summed E-state index contributed by atoms with van der Waals surface area (Å²) in [6.07, 6.45) is 0. The van der Waals surface area contributed by atoms with Gasteiger partial charge < -0.3 is 0 Å². The smallest absolute Gasteiger partial charge is 0.235 e. The summed E-state index contributed by atoms with van der Waals surface area (Å²) in [6.45, 7) is 4.77. The van der Waals surface area contributed by atoms with Gasteiger partial charge in [0, 0.05) is 27.1 Å². The van der Waals surface area contributed by atoms with E-state index in [2.05, 4.69) is 194 Å². The molecule has 0 N–H and O–H groups in total. The maximum atomic E-state index is 5.53. The Morgan fingerprint density at radius 3 is 1.88 bits per heavy atom. The molecular formula is C55H35N3. The van der Waals surface area contributed by atoms with Crippen LogP contribution >= 0.6 is 0 Å². The molecule has 0 amide bonds. The van der Waals surface area contributed by atoms with Crippen LogP contribution in [-0.2, 0) is 5.41 Å². The van der Waals surface area contributed by atoms with Crippen molar-refractivity contribution in [3.8, 4) is 39.5 Å². The molecule has 0 fully saturated rings. The van der Waals surface area contributed by atoms with Gasteiger partial charge in [0.25, 0.3) is 0 Å². The second-order valence-corrected chi connectivity index (χ2v) is 16.5. The van der Waals surface area contributed by atoms with E-state index >= 15 is 0 Å². The SMILES string of the molecule is CC1(C)c2ccccc2-c2c1cc1c3cc4c(c5cccc(c6cccc2c61)c35)c1ccccc1n4-c1nc(-c2cccc(-c3ccccc3)c2)c2ccccc2n1. The van der Waals surface area contributed by atoms with Crippen LogP contribution in [0.2, 0.25) is 0 Å². The first-order chi connectivity index (χ1) is 28.5. The molecule has 2 heterocycles. The molecule has 10 aromatic carbocycles. The molecule has 12 aromatic rings.